The molecule has 1 N–H and O–H groups in total. The third-order valence-corrected chi connectivity index (χ3v) is 5.22. The van der Waals surface area contributed by atoms with E-state index in [0.717, 1.165) is 49.8 Å². The normalized spacial score (nSPS) is 14.9. The minimum absolute atomic E-state index is 0.715. The SMILES string of the molecule is Cc1ccccc1Nc1cnnc(N2CCC(Cc3ccccc3)CC2)n1. The third-order valence-electron chi connectivity index (χ3n) is 5.22. The van der Waals surface area contributed by atoms with Crippen LogP contribution in [-0.2, 0) is 6.42 Å². The largest absolute Gasteiger partial charge is 0.339 e. The van der Waals surface area contributed by atoms with E-state index in [1.807, 2.05) is 18.2 Å². The molecule has 2 heterocycles. The molecule has 138 valence electrons. The first kappa shape index (κ1) is 17.5. The van der Waals surface area contributed by atoms with Gasteiger partial charge in [-0.15, -0.1) is 5.10 Å². The van der Waals surface area contributed by atoms with Crippen LogP contribution in [0.4, 0.5) is 17.5 Å². The van der Waals surface area contributed by atoms with E-state index in [2.05, 4.69) is 68.7 Å². The Labute approximate surface area is 160 Å². The van der Waals surface area contributed by atoms with Crippen LogP contribution >= 0.6 is 0 Å². The lowest BCUT2D eigenvalue weighted by molar-refractivity contribution is 0.400. The number of piperidine rings is 1. The number of hydrogen-bond donors (Lipinski definition) is 1. The molecule has 0 saturated carbocycles. The Kier molecular flexibility index (Phi) is 5.28. The average Bonchev–Trinajstić information content (AvgIpc) is 2.71. The molecule has 1 fully saturated rings. The van der Waals surface area contributed by atoms with Crippen molar-refractivity contribution in [1.29, 1.82) is 0 Å². The summed E-state index contributed by atoms with van der Waals surface area (Å²) in [6.45, 7) is 4.04. The van der Waals surface area contributed by atoms with Gasteiger partial charge < -0.3 is 10.2 Å². The quantitative estimate of drug-likeness (QED) is 0.732. The first-order chi connectivity index (χ1) is 13.3. The number of aryl methyl sites for hydroxylation is 1. The maximum atomic E-state index is 4.68. The maximum absolute atomic E-state index is 4.68. The Hall–Kier alpha value is -2.95. The Balaban J connectivity index is 1.38. The molecule has 0 atom stereocenters. The van der Waals surface area contributed by atoms with Crippen molar-refractivity contribution in [3.8, 4) is 0 Å². The second-order valence-corrected chi connectivity index (χ2v) is 7.20. The van der Waals surface area contributed by atoms with Crippen molar-refractivity contribution in [3.63, 3.8) is 0 Å². The molecule has 0 spiro atoms. The van der Waals surface area contributed by atoms with Crippen molar-refractivity contribution in [1.82, 2.24) is 15.2 Å². The van der Waals surface area contributed by atoms with Crippen LogP contribution in [0.5, 0.6) is 0 Å². The fraction of sp³-hybridized carbons (Fsp3) is 0.318. The predicted molar refractivity (Wildman–Crippen MR) is 109 cm³/mol. The molecule has 4 rings (SSSR count). The van der Waals surface area contributed by atoms with Crippen LogP contribution in [0.1, 0.15) is 24.0 Å². The van der Waals surface area contributed by atoms with E-state index in [-0.39, 0.29) is 0 Å². The summed E-state index contributed by atoms with van der Waals surface area (Å²) >= 11 is 0. The Bertz CT molecular complexity index is 873. The highest BCUT2D eigenvalue weighted by Crippen LogP contribution is 2.25. The van der Waals surface area contributed by atoms with Gasteiger partial charge in [0.05, 0.1) is 6.20 Å². The number of nitrogens with zero attached hydrogens (tertiary/aromatic N) is 4. The molecule has 0 radical (unpaired) electrons. The van der Waals surface area contributed by atoms with E-state index in [9.17, 15) is 0 Å². The molecule has 3 aromatic rings. The number of hydrogen-bond acceptors (Lipinski definition) is 5. The summed E-state index contributed by atoms with van der Waals surface area (Å²) in [5, 5.41) is 11.8. The fourth-order valence-corrected chi connectivity index (χ4v) is 3.62. The highest BCUT2D eigenvalue weighted by atomic mass is 15.3. The lowest BCUT2D eigenvalue weighted by atomic mass is 9.90. The van der Waals surface area contributed by atoms with Crippen molar-refractivity contribution >= 4 is 17.5 Å². The van der Waals surface area contributed by atoms with Crippen LogP contribution < -0.4 is 10.2 Å². The van der Waals surface area contributed by atoms with Gasteiger partial charge in [-0.1, -0.05) is 48.5 Å². The molecule has 5 nitrogen and oxygen atoms in total. The molecule has 1 aliphatic heterocycles. The number of nitrogens with one attached hydrogen (secondary N) is 1. The van der Waals surface area contributed by atoms with Crippen LogP contribution in [0.15, 0.2) is 60.8 Å². The fourth-order valence-electron chi connectivity index (χ4n) is 3.62. The second kappa shape index (κ2) is 8.16. The molecule has 5 heteroatoms. The van der Waals surface area contributed by atoms with Gasteiger partial charge in [-0.25, -0.2) is 0 Å². The molecule has 0 unspecified atom stereocenters. The van der Waals surface area contributed by atoms with Crippen molar-refractivity contribution in [2.45, 2.75) is 26.2 Å². The number of rotatable bonds is 5. The Morgan fingerprint density at radius 1 is 1.00 bits per heavy atom. The van der Waals surface area contributed by atoms with Gasteiger partial charge in [-0.05, 0) is 49.3 Å². The Morgan fingerprint density at radius 3 is 2.52 bits per heavy atom. The molecule has 0 amide bonds. The molecule has 2 aromatic carbocycles. The van der Waals surface area contributed by atoms with E-state index in [0.29, 0.717) is 5.95 Å². The smallest absolute Gasteiger partial charge is 0.247 e. The van der Waals surface area contributed by atoms with Gasteiger partial charge in [-0.3, -0.25) is 0 Å². The van der Waals surface area contributed by atoms with Gasteiger partial charge in [0.15, 0.2) is 5.82 Å². The van der Waals surface area contributed by atoms with E-state index >= 15 is 0 Å². The van der Waals surface area contributed by atoms with Crippen LogP contribution in [0, 0.1) is 12.8 Å². The standard InChI is InChI=1S/C22H25N5/c1-17-7-5-6-10-20(17)24-21-16-23-26-22(25-21)27-13-11-19(12-14-27)15-18-8-3-2-4-9-18/h2-10,16,19H,11-15H2,1H3,(H,24,25,26). The van der Waals surface area contributed by atoms with Gasteiger partial charge in [0, 0.05) is 18.8 Å². The number of para-hydroxylation sites is 1. The van der Waals surface area contributed by atoms with Crippen LogP contribution in [-0.4, -0.2) is 28.3 Å². The van der Waals surface area contributed by atoms with Crippen molar-refractivity contribution in [2.24, 2.45) is 5.92 Å². The second-order valence-electron chi connectivity index (χ2n) is 7.20. The van der Waals surface area contributed by atoms with Gasteiger partial charge in [0.1, 0.15) is 0 Å². The lowest BCUT2D eigenvalue weighted by Gasteiger charge is -2.31. The highest BCUT2D eigenvalue weighted by molar-refractivity contribution is 5.60. The zero-order valence-corrected chi connectivity index (χ0v) is 15.7. The molecule has 0 aliphatic carbocycles. The average molecular weight is 359 g/mol. The third kappa shape index (κ3) is 4.42. The summed E-state index contributed by atoms with van der Waals surface area (Å²) in [6, 6.07) is 18.9. The van der Waals surface area contributed by atoms with Crippen molar-refractivity contribution in [3.05, 3.63) is 71.9 Å². The summed E-state index contributed by atoms with van der Waals surface area (Å²) in [4.78, 5) is 6.93. The van der Waals surface area contributed by atoms with Crippen LogP contribution in [0.3, 0.4) is 0 Å². The minimum atomic E-state index is 0.715. The minimum Gasteiger partial charge on any atom is -0.339 e. The van der Waals surface area contributed by atoms with Crippen molar-refractivity contribution in [2.75, 3.05) is 23.3 Å². The lowest BCUT2D eigenvalue weighted by Crippen LogP contribution is -2.35. The topological polar surface area (TPSA) is 53.9 Å². The van der Waals surface area contributed by atoms with Gasteiger partial charge >= 0.3 is 0 Å². The van der Waals surface area contributed by atoms with E-state index in [1.54, 1.807) is 6.20 Å². The summed E-state index contributed by atoms with van der Waals surface area (Å²) in [6.07, 6.45) is 5.15. The Morgan fingerprint density at radius 2 is 1.74 bits per heavy atom. The summed E-state index contributed by atoms with van der Waals surface area (Å²) in [7, 11) is 0. The molecular weight excluding hydrogens is 334 g/mol. The van der Waals surface area contributed by atoms with Gasteiger partial charge in [0.25, 0.3) is 0 Å². The van der Waals surface area contributed by atoms with Gasteiger partial charge in [-0.2, -0.15) is 10.1 Å². The van der Waals surface area contributed by atoms with E-state index < -0.39 is 0 Å². The number of benzene rings is 2. The summed E-state index contributed by atoms with van der Waals surface area (Å²) in [5.74, 6) is 2.18. The molecule has 27 heavy (non-hydrogen) atoms. The maximum Gasteiger partial charge on any atom is 0.247 e. The molecule has 1 saturated heterocycles. The first-order valence-electron chi connectivity index (χ1n) is 9.59. The molecule has 1 aromatic heterocycles. The highest BCUT2D eigenvalue weighted by Gasteiger charge is 2.21. The predicted octanol–water partition coefficient (Wildman–Crippen LogP) is 4.38. The molecular formula is C22H25N5. The zero-order valence-electron chi connectivity index (χ0n) is 15.7. The van der Waals surface area contributed by atoms with Crippen LogP contribution in [0.2, 0.25) is 0 Å². The first-order valence-corrected chi connectivity index (χ1v) is 9.59. The number of anilines is 3. The van der Waals surface area contributed by atoms with E-state index in [1.165, 1.54) is 11.1 Å². The van der Waals surface area contributed by atoms with Crippen molar-refractivity contribution < 1.29 is 0 Å². The van der Waals surface area contributed by atoms with Gasteiger partial charge in [0.2, 0.25) is 5.95 Å². The molecule has 1 aliphatic rings. The van der Waals surface area contributed by atoms with E-state index in [4.69, 9.17) is 0 Å². The number of aromatic nitrogens is 3. The monoisotopic (exact) mass is 359 g/mol. The summed E-state index contributed by atoms with van der Waals surface area (Å²) in [5.41, 5.74) is 3.66. The van der Waals surface area contributed by atoms with Crippen LogP contribution in [0.25, 0.3) is 0 Å². The zero-order chi connectivity index (χ0) is 18.5. The molecule has 0 bridgehead atoms. The summed E-state index contributed by atoms with van der Waals surface area (Å²) < 4.78 is 0.